The van der Waals surface area contributed by atoms with Gasteiger partial charge in [0, 0.05) is 49.5 Å². The van der Waals surface area contributed by atoms with Crippen LogP contribution in [0.4, 0.5) is 11.4 Å². The number of carbonyl (C=O) groups is 1. The molecule has 3 heterocycles. The molecule has 1 N–H and O–H groups in total. The summed E-state index contributed by atoms with van der Waals surface area (Å²) in [5, 5.41) is 4.41. The minimum atomic E-state index is -0.112. The van der Waals surface area contributed by atoms with Gasteiger partial charge in [0.05, 0.1) is 11.2 Å². The third-order valence-electron chi connectivity index (χ3n) is 4.72. The molecule has 0 atom stereocenters. The number of rotatable bonds is 6. The monoisotopic (exact) mass is 383 g/mol. The van der Waals surface area contributed by atoms with E-state index in [9.17, 15) is 4.79 Å². The van der Waals surface area contributed by atoms with Crippen LogP contribution in [0.3, 0.4) is 0 Å². The Labute approximate surface area is 169 Å². The van der Waals surface area contributed by atoms with Crippen LogP contribution < -0.4 is 5.32 Å². The third kappa shape index (κ3) is 4.38. The molecule has 1 aromatic carbocycles. The molecule has 0 saturated carbocycles. The fraction of sp³-hybridized carbons (Fsp3) is 0.130. The number of hydrogen-bond acceptors (Lipinski definition) is 5. The van der Waals surface area contributed by atoms with E-state index in [-0.39, 0.29) is 5.91 Å². The molecule has 0 aliphatic rings. The molecule has 0 radical (unpaired) electrons. The number of hydrogen-bond donors (Lipinski definition) is 1. The van der Waals surface area contributed by atoms with Crippen LogP contribution in [0, 0.1) is 0 Å². The Hall–Kier alpha value is -3.80. The van der Waals surface area contributed by atoms with E-state index in [4.69, 9.17) is 0 Å². The maximum Gasteiger partial charge on any atom is 0.272 e. The molecule has 0 spiro atoms. The van der Waals surface area contributed by atoms with Gasteiger partial charge in [0.2, 0.25) is 0 Å². The van der Waals surface area contributed by atoms with Gasteiger partial charge in [-0.1, -0.05) is 18.2 Å². The lowest BCUT2D eigenvalue weighted by Crippen LogP contribution is -2.29. The van der Waals surface area contributed by atoms with Gasteiger partial charge in [-0.25, -0.2) is 0 Å². The molecule has 0 aliphatic heterocycles. The zero-order chi connectivity index (χ0) is 20.1. The van der Waals surface area contributed by atoms with Crippen LogP contribution >= 0.6 is 0 Å². The molecule has 0 bridgehead atoms. The summed E-state index contributed by atoms with van der Waals surface area (Å²) in [6, 6.07) is 17.4. The third-order valence-corrected chi connectivity index (χ3v) is 4.72. The van der Waals surface area contributed by atoms with Crippen LogP contribution in [0.2, 0.25) is 0 Å². The van der Waals surface area contributed by atoms with Crippen molar-refractivity contribution in [3.8, 4) is 0 Å². The van der Waals surface area contributed by atoms with Crippen molar-refractivity contribution >= 4 is 28.2 Å². The molecule has 144 valence electrons. The van der Waals surface area contributed by atoms with Gasteiger partial charge in [-0.3, -0.25) is 19.7 Å². The number of likely N-dealkylation sites (N-methyl/N-ethyl adjacent to an activating group) is 1. The van der Waals surface area contributed by atoms with E-state index in [0.29, 0.717) is 12.2 Å². The number of amides is 1. The lowest BCUT2D eigenvalue weighted by Gasteiger charge is -2.17. The number of benzene rings is 1. The minimum absolute atomic E-state index is 0.112. The summed E-state index contributed by atoms with van der Waals surface area (Å²) in [5.41, 5.74) is 4.11. The Bertz CT molecular complexity index is 1120. The highest BCUT2D eigenvalue weighted by molar-refractivity contribution is 5.94. The van der Waals surface area contributed by atoms with Crippen molar-refractivity contribution in [3.63, 3.8) is 0 Å². The molecule has 3 aromatic heterocycles. The van der Waals surface area contributed by atoms with Gasteiger partial charge in [-0.15, -0.1) is 0 Å². The van der Waals surface area contributed by atoms with Gasteiger partial charge < -0.3 is 10.2 Å². The Morgan fingerprint density at radius 2 is 1.79 bits per heavy atom. The second kappa shape index (κ2) is 8.48. The Morgan fingerprint density at radius 1 is 0.966 bits per heavy atom. The predicted octanol–water partition coefficient (Wildman–Crippen LogP) is 4.08. The van der Waals surface area contributed by atoms with Crippen LogP contribution in [0.1, 0.15) is 16.1 Å². The first kappa shape index (κ1) is 18.6. The molecule has 1 amide bonds. The van der Waals surface area contributed by atoms with Crippen molar-refractivity contribution in [3.05, 3.63) is 90.6 Å². The molecule has 6 nitrogen and oxygen atoms in total. The van der Waals surface area contributed by atoms with Crippen LogP contribution in [-0.2, 0) is 6.42 Å². The minimum Gasteiger partial charge on any atom is -0.354 e. The predicted molar refractivity (Wildman–Crippen MR) is 114 cm³/mol. The number of fused-ring (bicyclic) bond motifs is 1. The van der Waals surface area contributed by atoms with Crippen molar-refractivity contribution in [2.75, 3.05) is 18.9 Å². The maximum atomic E-state index is 12.8. The van der Waals surface area contributed by atoms with Crippen molar-refractivity contribution in [1.29, 1.82) is 0 Å². The van der Waals surface area contributed by atoms with Gasteiger partial charge >= 0.3 is 0 Å². The molecule has 4 rings (SSSR count). The summed E-state index contributed by atoms with van der Waals surface area (Å²) in [6.07, 6.45) is 7.70. The van der Waals surface area contributed by atoms with E-state index in [0.717, 1.165) is 34.3 Å². The van der Waals surface area contributed by atoms with E-state index in [1.807, 2.05) is 48.5 Å². The van der Waals surface area contributed by atoms with Crippen molar-refractivity contribution in [1.82, 2.24) is 19.9 Å². The second-order valence-corrected chi connectivity index (χ2v) is 6.77. The fourth-order valence-electron chi connectivity index (χ4n) is 3.13. The Balaban J connectivity index is 1.48. The van der Waals surface area contributed by atoms with Crippen LogP contribution in [0.25, 0.3) is 10.9 Å². The fourth-order valence-corrected chi connectivity index (χ4v) is 3.13. The summed E-state index contributed by atoms with van der Waals surface area (Å²) in [4.78, 5) is 27.2. The smallest absolute Gasteiger partial charge is 0.272 e. The molecule has 0 unspecified atom stereocenters. The van der Waals surface area contributed by atoms with Crippen molar-refractivity contribution in [2.45, 2.75) is 6.42 Å². The van der Waals surface area contributed by atoms with Gasteiger partial charge in [0.1, 0.15) is 5.69 Å². The highest BCUT2D eigenvalue weighted by atomic mass is 16.2. The van der Waals surface area contributed by atoms with Crippen LogP contribution in [-0.4, -0.2) is 39.4 Å². The lowest BCUT2D eigenvalue weighted by atomic mass is 10.2. The zero-order valence-electron chi connectivity index (χ0n) is 16.1. The van der Waals surface area contributed by atoms with Gasteiger partial charge in [0.15, 0.2) is 0 Å². The van der Waals surface area contributed by atoms with Crippen molar-refractivity contribution < 1.29 is 4.79 Å². The first-order valence-electron chi connectivity index (χ1n) is 9.42. The van der Waals surface area contributed by atoms with E-state index in [1.165, 1.54) is 0 Å². The SMILES string of the molecule is CN(CCc1ccncc1)C(=O)c1cc(Nc2cccc3cccnc23)ccn1. The van der Waals surface area contributed by atoms with E-state index < -0.39 is 0 Å². The summed E-state index contributed by atoms with van der Waals surface area (Å²) in [7, 11) is 1.79. The number of nitrogens with one attached hydrogen (secondary N) is 1. The van der Waals surface area contributed by atoms with Crippen LogP contribution in [0.15, 0.2) is 79.4 Å². The Kier molecular flexibility index (Phi) is 5.42. The molecule has 6 heteroatoms. The summed E-state index contributed by atoms with van der Waals surface area (Å²) < 4.78 is 0. The molecular formula is C23H21N5O. The largest absolute Gasteiger partial charge is 0.354 e. The first-order chi connectivity index (χ1) is 14.2. The number of pyridine rings is 3. The van der Waals surface area contributed by atoms with E-state index >= 15 is 0 Å². The number of para-hydroxylation sites is 1. The standard InChI is InChI=1S/C23H21N5O/c1-28(15-10-17-7-12-24-13-8-17)23(29)21-16-19(9-14-25-21)27-20-6-2-4-18-5-3-11-26-22(18)20/h2-9,11-14,16H,10,15H2,1H3,(H,25,27). The Morgan fingerprint density at radius 3 is 2.66 bits per heavy atom. The topological polar surface area (TPSA) is 71.0 Å². The number of carbonyl (C=O) groups excluding carboxylic acids is 1. The lowest BCUT2D eigenvalue weighted by molar-refractivity contribution is 0.0791. The first-order valence-corrected chi connectivity index (χ1v) is 9.42. The second-order valence-electron chi connectivity index (χ2n) is 6.77. The number of nitrogens with zero attached hydrogens (tertiary/aromatic N) is 4. The average molecular weight is 383 g/mol. The normalized spacial score (nSPS) is 10.7. The van der Waals surface area contributed by atoms with Gasteiger partial charge in [-0.2, -0.15) is 0 Å². The van der Waals surface area contributed by atoms with Gasteiger partial charge in [-0.05, 0) is 48.4 Å². The summed E-state index contributed by atoms with van der Waals surface area (Å²) in [5.74, 6) is -0.112. The van der Waals surface area contributed by atoms with E-state index in [1.54, 1.807) is 42.8 Å². The maximum absolute atomic E-state index is 12.8. The average Bonchev–Trinajstić information content (AvgIpc) is 2.78. The quantitative estimate of drug-likeness (QED) is 0.543. The van der Waals surface area contributed by atoms with Crippen molar-refractivity contribution in [2.24, 2.45) is 0 Å². The summed E-state index contributed by atoms with van der Waals surface area (Å²) >= 11 is 0. The highest BCUT2D eigenvalue weighted by Crippen LogP contribution is 2.24. The highest BCUT2D eigenvalue weighted by Gasteiger charge is 2.14. The molecule has 0 fully saturated rings. The van der Waals surface area contributed by atoms with Gasteiger partial charge in [0.25, 0.3) is 5.91 Å². The summed E-state index contributed by atoms with van der Waals surface area (Å²) in [6.45, 7) is 0.607. The number of aromatic nitrogens is 3. The van der Waals surface area contributed by atoms with Crippen LogP contribution in [0.5, 0.6) is 0 Å². The molecule has 4 aromatic rings. The zero-order valence-corrected chi connectivity index (χ0v) is 16.1. The molecular weight excluding hydrogens is 362 g/mol. The van der Waals surface area contributed by atoms with E-state index in [2.05, 4.69) is 20.3 Å². The molecule has 0 aliphatic carbocycles. The molecule has 29 heavy (non-hydrogen) atoms. The number of anilines is 2. The molecule has 0 saturated heterocycles.